The summed E-state index contributed by atoms with van der Waals surface area (Å²) in [5, 5.41) is 4.74. The number of hydrogen-bond donors (Lipinski definition) is 1. The molecule has 2 heteroatoms. The summed E-state index contributed by atoms with van der Waals surface area (Å²) in [6.07, 6.45) is 2.09. The molecule has 1 N–H and O–H groups in total. The maximum Gasteiger partial charge on any atom is 0.0498 e. The summed E-state index contributed by atoms with van der Waals surface area (Å²) in [7, 11) is 2.07. The first-order valence-electron chi connectivity index (χ1n) is 4.99. The van der Waals surface area contributed by atoms with E-state index < -0.39 is 0 Å². The van der Waals surface area contributed by atoms with Crippen molar-refractivity contribution in [2.75, 3.05) is 5.32 Å². The van der Waals surface area contributed by atoms with E-state index in [2.05, 4.69) is 61.2 Å². The molecule has 2 aromatic rings. The van der Waals surface area contributed by atoms with Gasteiger partial charge in [-0.25, -0.2) is 0 Å². The molecule has 0 aliphatic carbocycles. The van der Waals surface area contributed by atoms with Crippen LogP contribution in [0.4, 0.5) is 5.69 Å². The molecule has 14 heavy (non-hydrogen) atoms. The summed E-state index contributed by atoms with van der Waals surface area (Å²) in [5.74, 6) is 0. The van der Waals surface area contributed by atoms with Gasteiger partial charge in [0, 0.05) is 35.9 Å². The molecule has 0 fully saturated rings. The van der Waals surface area contributed by atoms with Crippen LogP contribution in [0.5, 0.6) is 0 Å². The fourth-order valence-electron chi connectivity index (χ4n) is 1.74. The fraction of sp³-hybridized carbons (Fsp3) is 0.333. The maximum atomic E-state index is 3.45. The van der Waals surface area contributed by atoms with Gasteiger partial charge in [-0.1, -0.05) is 6.07 Å². The van der Waals surface area contributed by atoms with Crippen molar-refractivity contribution in [1.29, 1.82) is 0 Å². The second-order valence-electron chi connectivity index (χ2n) is 3.96. The quantitative estimate of drug-likeness (QED) is 0.766. The highest BCUT2D eigenvalue weighted by atomic mass is 14.9. The molecule has 1 heterocycles. The molecule has 0 unspecified atom stereocenters. The van der Waals surface area contributed by atoms with E-state index in [1.54, 1.807) is 0 Å². The van der Waals surface area contributed by atoms with Gasteiger partial charge in [0.1, 0.15) is 0 Å². The molecule has 2 nitrogen and oxygen atoms in total. The van der Waals surface area contributed by atoms with Crippen LogP contribution in [-0.4, -0.2) is 10.6 Å². The smallest absolute Gasteiger partial charge is 0.0498 e. The van der Waals surface area contributed by atoms with Crippen LogP contribution >= 0.6 is 0 Å². The number of benzene rings is 1. The minimum Gasteiger partial charge on any atom is -0.382 e. The lowest BCUT2D eigenvalue weighted by Crippen LogP contribution is -2.09. The minimum atomic E-state index is 0.473. The Labute approximate surface area is 84.5 Å². The van der Waals surface area contributed by atoms with Crippen LogP contribution < -0.4 is 5.32 Å². The SMILES string of the molecule is CC(C)Nc1cccc2c1ccn2C. The van der Waals surface area contributed by atoms with Crippen molar-refractivity contribution in [2.24, 2.45) is 7.05 Å². The normalized spacial score (nSPS) is 11.1. The van der Waals surface area contributed by atoms with Gasteiger partial charge in [-0.15, -0.1) is 0 Å². The molecule has 0 atom stereocenters. The number of rotatable bonds is 2. The molecule has 2 rings (SSSR count). The summed E-state index contributed by atoms with van der Waals surface area (Å²) in [5.41, 5.74) is 2.49. The Balaban J connectivity index is 2.54. The Kier molecular flexibility index (Phi) is 2.20. The van der Waals surface area contributed by atoms with E-state index in [4.69, 9.17) is 0 Å². The Hall–Kier alpha value is -1.44. The lowest BCUT2D eigenvalue weighted by molar-refractivity contribution is 0.901. The van der Waals surface area contributed by atoms with Crippen molar-refractivity contribution in [3.63, 3.8) is 0 Å². The number of aromatic nitrogens is 1. The molecule has 0 aliphatic rings. The maximum absolute atomic E-state index is 3.45. The molecule has 1 aromatic heterocycles. The van der Waals surface area contributed by atoms with Gasteiger partial charge >= 0.3 is 0 Å². The Morgan fingerprint density at radius 3 is 2.71 bits per heavy atom. The Morgan fingerprint density at radius 1 is 1.21 bits per heavy atom. The van der Waals surface area contributed by atoms with Gasteiger partial charge in [0.15, 0.2) is 0 Å². The second-order valence-corrected chi connectivity index (χ2v) is 3.96. The zero-order valence-corrected chi connectivity index (χ0v) is 8.91. The van der Waals surface area contributed by atoms with Crippen LogP contribution in [0.1, 0.15) is 13.8 Å². The lowest BCUT2D eigenvalue weighted by Gasteiger charge is -2.11. The van der Waals surface area contributed by atoms with Crippen LogP contribution in [0.2, 0.25) is 0 Å². The molecule has 0 aliphatic heterocycles. The fourth-order valence-corrected chi connectivity index (χ4v) is 1.74. The number of nitrogens with one attached hydrogen (secondary N) is 1. The molecule has 0 bridgehead atoms. The average molecular weight is 188 g/mol. The standard InChI is InChI=1S/C12H16N2/c1-9(2)13-11-5-4-6-12-10(11)7-8-14(12)3/h4-9,13H,1-3H3. The van der Waals surface area contributed by atoms with Crippen LogP contribution in [0.3, 0.4) is 0 Å². The minimum absolute atomic E-state index is 0.473. The van der Waals surface area contributed by atoms with Crippen LogP contribution in [0.15, 0.2) is 30.5 Å². The zero-order valence-electron chi connectivity index (χ0n) is 8.91. The third kappa shape index (κ3) is 1.48. The van der Waals surface area contributed by atoms with Crippen LogP contribution in [0.25, 0.3) is 10.9 Å². The topological polar surface area (TPSA) is 17.0 Å². The molecule has 74 valence electrons. The van der Waals surface area contributed by atoms with Gasteiger partial charge in [0.25, 0.3) is 0 Å². The van der Waals surface area contributed by atoms with Crippen molar-refractivity contribution in [2.45, 2.75) is 19.9 Å². The van der Waals surface area contributed by atoms with Crippen LogP contribution in [0, 0.1) is 0 Å². The van der Waals surface area contributed by atoms with E-state index in [-0.39, 0.29) is 0 Å². The van der Waals surface area contributed by atoms with Crippen LogP contribution in [-0.2, 0) is 7.05 Å². The van der Waals surface area contributed by atoms with Crippen molar-refractivity contribution < 1.29 is 0 Å². The third-order valence-electron chi connectivity index (χ3n) is 2.37. The number of aryl methyl sites for hydroxylation is 1. The van der Waals surface area contributed by atoms with Crippen molar-refractivity contribution >= 4 is 16.6 Å². The molecular formula is C12H16N2. The third-order valence-corrected chi connectivity index (χ3v) is 2.37. The first kappa shape index (κ1) is 9.13. The highest BCUT2D eigenvalue weighted by molar-refractivity contribution is 5.92. The van der Waals surface area contributed by atoms with Crippen molar-refractivity contribution in [3.8, 4) is 0 Å². The number of nitrogens with zero attached hydrogens (tertiary/aromatic N) is 1. The first-order chi connectivity index (χ1) is 6.68. The van der Waals surface area contributed by atoms with Gasteiger partial charge in [-0.05, 0) is 32.0 Å². The predicted molar refractivity (Wildman–Crippen MR) is 61.7 cm³/mol. The highest BCUT2D eigenvalue weighted by Crippen LogP contribution is 2.24. The highest BCUT2D eigenvalue weighted by Gasteiger charge is 2.03. The zero-order chi connectivity index (χ0) is 10.1. The Bertz CT molecular complexity index is 441. The van der Waals surface area contributed by atoms with Gasteiger partial charge < -0.3 is 9.88 Å². The van der Waals surface area contributed by atoms with E-state index in [1.807, 2.05) is 0 Å². The van der Waals surface area contributed by atoms with E-state index in [0.29, 0.717) is 6.04 Å². The summed E-state index contributed by atoms with van der Waals surface area (Å²) in [4.78, 5) is 0. The Morgan fingerprint density at radius 2 is 2.00 bits per heavy atom. The first-order valence-corrected chi connectivity index (χ1v) is 4.99. The molecule has 0 amide bonds. The number of hydrogen-bond acceptors (Lipinski definition) is 1. The summed E-state index contributed by atoms with van der Waals surface area (Å²) >= 11 is 0. The van der Waals surface area contributed by atoms with E-state index >= 15 is 0 Å². The number of fused-ring (bicyclic) bond motifs is 1. The monoisotopic (exact) mass is 188 g/mol. The second kappa shape index (κ2) is 3.37. The van der Waals surface area contributed by atoms with Gasteiger partial charge in [0.05, 0.1) is 0 Å². The van der Waals surface area contributed by atoms with Gasteiger partial charge in [-0.3, -0.25) is 0 Å². The van der Waals surface area contributed by atoms with Crippen molar-refractivity contribution in [1.82, 2.24) is 4.57 Å². The van der Waals surface area contributed by atoms with E-state index in [1.165, 1.54) is 16.6 Å². The molecule has 0 saturated carbocycles. The summed E-state index contributed by atoms with van der Waals surface area (Å²) < 4.78 is 2.14. The largest absolute Gasteiger partial charge is 0.382 e. The molecule has 0 spiro atoms. The molecule has 1 aromatic carbocycles. The molecule has 0 radical (unpaired) electrons. The molecular weight excluding hydrogens is 172 g/mol. The summed E-state index contributed by atoms with van der Waals surface area (Å²) in [6, 6.07) is 8.98. The van der Waals surface area contributed by atoms with Gasteiger partial charge in [-0.2, -0.15) is 0 Å². The molecule has 0 saturated heterocycles. The summed E-state index contributed by atoms with van der Waals surface area (Å²) in [6.45, 7) is 4.31. The van der Waals surface area contributed by atoms with E-state index in [9.17, 15) is 0 Å². The van der Waals surface area contributed by atoms with Gasteiger partial charge in [0.2, 0.25) is 0 Å². The number of anilines is 1. The van der Waals surface area contributed by atoms with Crippen molar-refractivity contribution in [3.05, 3.63) is 30.5 Å². The lowest BCUT2D eigenvalue weighted by atomic mass is 10.2. The average Bonchev–Trinajstić information content (AvgIpc) is 2.49. The van der Waals surface area contributed by atoms with E-state index in [0.717, 1.165) is 0 Å². The predicted octanol–water partition coefficient (Wildman–Crippen LogP) is 3.00.